The fraction of sp³-hybridized carbons (Fsp3) is 0.533. The van der Waals surface area contributed by atoms with Crippen LogP contribution in [0, 0.1) is 0 Å². The van der Waals surface area contributed by atoms with Gasteiger partial charge in [-0.3, -0.25) is 0 Å². The molecule has 0 aliphatic rings. The summed E-state index contributed by atoms with van der Waals surface area (Å²) in [5, 5.41) is 0. The Morgan fingerprint density at radius 1 is 1.11 bits per heavy atom. The van der Waals surface area contributed by atoms with Gasteiger partial charge in [-0.25, -0.2) is 0 Å². The Morgan fingerprint density at radius 2 is 1.78 bits per heavy atom. The first kappa shape index (κ1) is 15.5. The molecule has 0 saturated heterocycles. The molecule has 0 aromatic heterocycles. The Bertz CT molecular complexity index is 334. The number of aryl methyl sites for hydroxylation is 1. The quantitative estimate of drug-likeness (QED) is 0.540. The van der Waals surface area contributed by atoms with Gasteiger partial charge in [-0.05, 0) is 38.7 Å². The first-order chi connectivity index (χ1) is 8.77. The molecule has 0 spiro atoms. The molecule has 1 aromatic rings. The van der Waals surface area contributed by atoms with Crippen molar-refractivity contribution in [2.24, 2.45) is 0 Å². The lowest BCUT2D eigenvalue weighted by atomic mass is 10.1. The second-order valence-corrected chi connectivity index (χ2v) is 5.96. The molecule has 3 heteroatoms. The van der Waals surface area contributed by atoms with Crippen LogP contribution in [0.2, 0.25) is 0 Å². The zero-order valence-corrected chi connectivity index (χ0v) is 13.0. The average Bonchev–Trinajstić information content (AvgIpc) is 2.41. The molecule has 0 heterocycles. The largest absolute Gasteiger partial charge is 0.358 e. The SMILES string of the molecule is CCN(CC)C(=S)SCCCCc1ccccc1. The minimum atomic E-state index is 1.02. The third kappa shape index (κ3) is 5.87. The van der Waals surface area contributed by atoms with Gasteiger partial charge in [0.25, 0.3) is 0 Å². The molecule has 1 nitrogen and oxygen atoms in total. The monoisotopic (exact) mass is 281 g/mol. The highest BCUT2D eigenvalue weighted by molar-refractivity contribution is 8.22. The van der Waals surface area contributed by atoms with Gasteiger partial charge in [0.2, 0.25) is 0 Å². The third-order valence-corrected chi connectivity index (χ3v) is 4.56. The van der Waals surface area contributed by atoms with Gasteiger partial charge in [0, 0.05) is 18.8 Å². The van der Waals surface area contributed by atoms with Crippen molar-refractivity contribution in [3.8, 4) is 0 Å². The van der Waals surface area contributed by atoms with Crippen LogP contribution in [0.4, 0.5) is 0 Å². The molecule has 0 fully saturated rings. The highest BCUT2D eigenvalue weighted by Crippen LogP contribution is 2.13. The van der Waals surface area contributed by atoms with E-state index in [-0.39, 0.29) is 0 Å². The molecule has 0 aliphatic carbocycles. The topological polar surface area (TPSA) is 3.24 Å². The molecule has 0 amide bonds. The summed E-state index contributed by atoms with van der Waals surface area (Å²) >= 11 is 7.23. The van der Waals surface area contributed by atoms with E-state index < -0.39 is 0 Å². The van der Waals surface area contributed by atoms with Crippen LogP contribution in [0.5, 0.6) is 0 Å². The van der Waals surface area contributed by atoms with E-state index in [1.165, 1.54) is 24.8 Å². The number of benzene rings is 1. The summed E-state index contributed by atoms with van der Waals surface area (Å²) in [6, 6.07) is 10.7. The smallest absolute Gasteiger partial charge is 0.136 e. The number of thiocarbonyl (C=S) groups is 1. The Labute approximate surface area is 121 Å². The second kappa shape index (κ2) is 9.40. The van der Waals surface area contributed by atoms with Crippen LogP contribution >= 0.6 is 24.0 Å². The van der Waals surface area contributed by atoms with Crippen molar-refractivity contribution in [2.75, 3.05) is 18.8 Å². The maximum atomic E-state index is 5.41. The Hall–Kier alpha value is -0.540. The van der Waals surface area contributed by atoms with Crippen LogP contribution in [-0.4, -0.2) is 28.1 Å². The van der Waals surface area contributed by atoms with Crippen LogP contribution in [0.1, 0.15) is 32.3 Å². The maximum Gasteiger partial charge on any atom is 0.136 e. The summed E-state index contributed by atoms with van der Waals surface area (Å²) in [7, 11) is 0. The molecule has 1 rings (SSSR count). The van der Waals surface area contributed by atoms with Crippen molar-refractivity contribution in [2.45, 2.75) is 33.1 Å². The average molecular weight is 281 g/mol. The van der Waals surface area contributed by atoms with E-state index in [1.54, 1.807) is 0 Å². The van der Waals surface area contributed by atoms with Gasteiger partial charge < -0.3 is 4.90 Å². The molecule has 0 unspecified atom stereocenters. The molecule has 18 heavy (non-hydrogen) atoms. The molecule has 0 atom stereocenters. The van der Waals surface area contributed by atoms with Crippen molar-refractivity contribution in [1.29, 1.82) is 0 Å². The molecule has 100 valence electrons. The zero-order valence-electron chi connectivity index (χ0n) is 11.4. The predicted octanol–water partition coefficient (Wildman–Crippen LogP) is 4.37. The summed E-state index contributed by atoms with van der Waals surface area (Å²) in [5.74, 6) is 1.14. The van der Waals surface area contributed by atoms with Crippen molar-refractivity contribution in [3.05, 3.63) is 35.9 Å². The molecule has 0 bridgehead atoms. The van der Waals surface area contributed by atoms with Gasteiger partial charge in [0.1, 0.15) is 4.32 Å². The predicted molar refractivity (Wildman–Crippen MR) is 87.4 cm³/mol. The molecular formula is C15H23NS2. The lowest BCUT2D eigenvalue weighted by molar-refractivity contribution is 0.482. The van der Waals surface area contributed by atoms with Gasteiger partial charge in [-0.1, -0.05) is 54.3 Å². The van der Waals surface area contributed by atoms with Crippen LogP contribution in [0.3, 0.4) is 0 Å². The summed E-state index contributed by atoms with van der Waals surface area (Å²) in [6.45, 7) is 6.36. The fourth-order valence-corrected chi connectivity index (χ4v) is 3.28. The van der Waals surface area contributed by atoms with E-state index in [1.807, 2.05) is 11.8 Å². The van der Waals surface area contributed by atoms with E-state index in [0.717, 1.165) is 23.2 Å². The van der Waals surface area contributed by atoms with E-state index in [2.05, 4.69) is 49.1 Å². The highest BCUT2D eigenvalue weighted by Gasteiger charge is 2.04. The summed E-state index contributed by atoms with van der Waals surface area (Å²) in [4.78, 5) is 2.25. The number of nitrogens with zero attached hydrogens (tertiary/aromatic N) is 1. The second-order valence-electron chi connectivity index (χ2n) is 4.23. The van der Waals surface area contributed by atoms with Gasteiger partial charge in [-0.15, -0.1) is 0 Å². The molecule has 0 radical (unpaired) electrons. The van der Waals surface area contributed by atoms with Crippen LogP contribution in [0.15, 0.2) is 30.3 Å². The third-order valence-electron chi connectivity index (χ3n) is 2.95. The number of hydrogen-bond donors (Lipinski definition) is 0. The van der Waals surface area contributed by atoms with Crippen LogP contribution in [0.25, 0.3) is 0 Å². The minimum Gasteiger partial charge on any atom is -0.358 e. The Kier molecular flexibility index (Phi) is 8.10. The molecule has 0 aliphatic heterocycles. The number of unbranched alkanes of at least 4 members (excludes halogenated alkanes) is 1. The van der Waals surface area contributed by atoms with E-state index >= 15 is 0 Å². The minimum absolute atomic E-state index is 1.02. The van der Waals surface area contributed by atoms with E-state index in [0.29, 0.717) is 0 Å². The normalized spacial score (nSPS) is 10.3. The Morgan fingerprint density at radius 3 is 2.39 bits per heavy atom. The van der Waals surface area contributed by atoms with Gasteiger partial charge >= 0.3 is 0 Å². The summed E-state index contributed by atoms with van der Waals surface area (Å²) < 4.78 is 1.06. The van der Waals surface area contributed by atoms with Gasteiger partial charge in [0.05, 0.1) is 0 Å². The standard InChI is InChI=1S/C15H23NS2/c1-3-16(4-2)15(17)18-13-9-8-12-14-10-6-5-7-11-14/h5-7,10-11H,3-4,8-9,12-13H2,1-2H3. The van der Waals surface area contributed by atoms with Gasteiger partial charge in [0.15, 0.2) is 0 Å². The van der Waals surface area contributed by atoms with Crippen LogP contribution in [-0.2, 0) is 6.42 Å². The molecule has 0 saturated carbocycles. The van der Waals surface area contributed by atoms with E-state index in [4.69, 9.17) is 12.2 Å². The van der Waals surface area contributed by atoms with Crippen molar-refractivity contribution < 1.29 is 0 Å². The first-order valence-electron chi connectivity index (χ1n) is 6.73. The number of rotatable bonds is 7. The molecular weight excluding hydrogens is 258 g/mol. The Balaban J connectivity index is 2.10. The lowest BCUT2D eigenvalue weighted by Crippen LogP contribution is -2.26. The number of hydrogen-bond acceptors (Lipinski definition) is 2. The van der Waals surface area contributed by atoms with Crippen molar-refractivity contribution in [3.63, 3.8) is 0 Å². The molecule has 0 N–H and O–H groups in total. The maximum absolute atomic E-state index is 5.41. The highest BCUT2D eigenvalue weighted by atomic mass is 32.2. The zero-order chi connectivity index (χ0) is 13.2. The number of thioether (sulfide) groups is 1. The first-order valence-corrected chi connectivity index (χ1v) is 8.13. The van der Waals surface area contributed by atoms with Crippen LogP contribution < -0.4 is 0 Å². The summed E-state index contributed by atoms with van der Waals surface area (Å²) in [6.07, 6.45) is 3.66. The van der Waals surface area contributed by atoms with Crippen molar-refractivity contribution in [1.82, 2.24) is 4.90 Å². The fourth-order valence-electron chi connectivity index (χ4n) is 1.81. The van der Waals surface area contributed by atoms with Gasteiger partial charge in [-0.2, -0.15) is 0 Å². The lowest BCUT2D eigenvalue weighted by Gasteiger charge is -2.20. The van der Waals surface area contributed by atoms with E-state index in [9.17, 15) is 0 Å². The van der Waals surface area contributed by atoms with Crippen molar-refractivity contribution >= 4 is 28.3 Å². The molecule has 1 aromatic carbocycles. The summed E-state index contributed by atoms with van der Waals surface area (Å²) in [5.41, 5.74) is 1.44.